The van der Waals surface area contributed by atoms with Crippen LogP contribution in [0.2, 0.25) is 5.02 Å². The standard InChI is InChI=1S/C24H18ClN3O2S/c1-30-18-6-4-5-17(13-18)28-23(29)22-21(19-7-2-3-8-20(19)26-22)27-24(28)31-14-15-9-11-16(25)12-10-15/h2-13,26H,14H2,1H3. The third kappa shape index (κ3) is 3.69. The maximum atomic E-state index is 13.6. The molecule has 7 heteroatoms. The Balaban J connectivity index is 1.70. The fraction of sp³-hybridized carbons (Fsp3) is 0.0833. The van der Waals surface area contributed by atoms with E-state index in [1.165, 1.54) is 11.8 Å². The second-order valence-corrected chi connectivity index (χ2v) is 8.42. The SMILES string of the molecule is COc1cccc(-n2c(SCc3ccc(Cl)cc3)nc3c([nH]c4ccccc43)c2=O)c1. The molecular formula is C24H18ClN3O2S. The van der Waals surface area contributed by atoms with E-state index >= 15 is 0 Å². The van der Waals surface area contributed by atoms with Crippen molar-refractivity contribution in [2.24, 2.45) is 0 Å². The molecule has 0 saturated carbocycles. The predicted molar refractivity (Wildman–Crippen MR) is 127 cm³/mol. The average molecular weight is 448 g/mol. The van der Waals surface area contributed by atoms with Gasteiger partial charge in [-0.2, -0.15) is 0 Å². The Morgan fingerprint density at radius 2 is 1.87 bits per heavy atom. The summed E-state index contributed by atoms with van der Waals surface area (Å²) in [5.74, 6) is 1.33. The van der Waals surface area contributed by atoms with Crippen LogP contribution in [0.3, 0.4) is 0 Å². The summed E-state index contributed by atoms with van der Waals surface area (Å²) in [6, 6.07) is 22.9. The largest absolute Gasteiger partial charge is 0.497 e. The number of nitrogens with one attached hydrogen (secondary N) is 1. The molecule has 0 aliphatic carbocycles. The van der Waals surface area contributed by atoms with Gasteiger partial charge in [0.2, 0.25) is 0 Å². The van der Waals surface area contributed by atoms with Gasteiger partial charge in [-0.1, -0.05) is 59.8 Å². The summed E-state index contributed by atoms with van der Waals surface area (Å²) < 4.78 is 7.01. The van der Waals surface area contributed by atoms with Crippen molar-refractivity contribution in [3.05, 3.63) is 93.7 Å². The van der Waals surface area contributed by atoms with Crippen molar-refractivity contribution in [3.63, 3.8) is 0 Å². The summed E-state index contributed by atoms with van der Waals surface area (Å²) in [6.45, 7) is 0. The zero-order valence-corrected chi connectivity index (χ0v) is 18.2. The Morgan fingerprint density at radius 1 is 1.06 bits per heavy atom. The Hall–Kier alpha value is -3.22. The Bertz CT molecular complexity index is 1460. The zero-order chi connectivity index (χ0) is 21.4. The second kappa shape index (κ2) is 8.13. The average Bonchev–Trinajstić information content (AvgIpc) is 3.18. The summed E-state index contributed by atoms with van der Waals surface area (Å²) in [6.07, 6.45) is 0. The van der Waals surface area contributed by atoms with Crippen LogP contribution in [0.5, 0.6) is 5.75 Å². The van der Waals surface area contributed by atoms with Gasteiger partial charge in [0.25, 0.3) is 5.56 Å². The molecule has 0 bridgehead atoms. The summed E-state index contributed by atoms with van der Waals surface area (Å²) >= 11 is 7.52. The van der Waals surface area contributed by atoms with E-state index < -0.39 is 0 Å². The van der Waals surface area contributed by atoms with Gasteiger partial charge in [0.1, 0.15) is 16.8 Å². The number of ether oxygens (including phenoxy) is 1. The highest BCUT2D eigenvalue weighted by atomic mass is 35.5. The lowest BCUT2D eigenvalue weighted by molar-refractivity contribution is 0.414. The monoisotopic (exact) mass is 447 g/mol. The van der Waals surface area contributed by atoms with Crippen LogP contribution in [0.15, 0.2) is 82.7 Å². The first-order valence-electron chi connectivity index (χ1n) is 9.69. The predicted octanol–water partition coefficient (Wildman–Crippen LogP) is 5.82. The fourth-order valence-corrected chi connectivity index (χ4v) is 4.63. The van der Waals surface area contributed by atoms with E-state index in [4.69, 9.17) is 21.3 Å². The molecule has 1 N–H and O–H groups in total. The molecule has 2 aromatic heterocycles. The molecule has 5 rings (SSSR count). The van der Waals surface area contributed by atoms with Crippen LogP contribution < -0.4 is 10.3 Å². The summed E-state index contributed by atoms with van der Waals surface area (Å²) in [4.78, 5) is 21.8. The van der Waals surface area contributed by atoms with Gasteiger partial charge in [0.15, 0.2) is 5.16 Å². The molecule has 0 atom stereocenters. The quantitative estimate of drug-likeness (QED) is 0.272. The lowest BCUT2D eigenvalue weighted by Gasteiger charge is -2.13. The van der Waals surface area contributed by atoms with Crippen molar-refractivity contribution < 1.29 is 4.74 Å². The van der Waals surface area contributed by atoms with Crippen molar-refractivity contribution in [1.29, 1.82) is 0 Å². The number of hydrogen-bond donors (Lipinski definition) is 1. The van der Waals surface area contributed by atoms with Crippen molar-refractivity contribution in [3.8, 4) is 11.4 Å². The molecular weight excluding hydrogens is 430 g/mol. The highest BCUT2D eigenvalue weighted by Gasteiger charge is 2.17. The highest BCUT2D eigenvalue weighted by Crippen LogP contribution is 2.29. The maximum Gasteiger partial charge on any atom is 0.283 e. The molecule has 0 spiro atoms. The molecule has 3 aromatic carbocycles. The molecule has 0 amide bonds. The van der Waals surface area contributed by atoms with Crippen molar-refractivity contribution in [2.75, 3.05) is 7.11 Å². The number of para-hydroxylation sites is 1. The van der Waals surface area contributed by atoms with Crippen molar-refractivity contribution >= 4 is 45.3 Å². The second-order valence-electron chi connectivity index (χ2n) is 7.05. The number of aromatic nitrogens is 3. The minimum absolute atomic E-state index is 0.145. The minimum atomic E-state index is -0.145. The van der Waals surface area contributed by atoms with E-state index in [1.807, 2.05) is 72.8 Å². The fourth-order valence-electron chi connectivity index (χ4n) is 3.54. The van der Waals surface area contributed by atoms with Crippen LogP contribution in [-0.2, 0) is 5.75 Å². The lowest BCUT2D eigenvalue weighted by atomic mass is 10.2. The summed E-state index contributed by atoms with van der Waals surface area (Å²) in [5, 5.41) is 2.24. The van der Waals surface area contributed by atoms with Gasteiger partial charge in [-0.25, -0.2) is 4.98 Å². The Kier molecular flexibility index (Phi) is 5.18. The Morgan fingerprint density at radius 3 is 2.68 bits per heavy atom. The molecule has 0 fully saturated rings. The van der Waals surface area contributed by atoms with E-state index in [1.54, 1.807) is 11.7 Å². The van der Waals surface area contributed by atoms with Crippen LogP contribution >= 0.6 is 23.4 Å². The normalized spacial score (nSPS) is 11.3. The smallest absolute Gasteiger partial charge is 0.283 e. The van der Waals surface area contributed by atoms with Gasteiger partial charge >= 0.3 is 0 Å². The number of rotatable bonds is 5. The number of halogens is 1. The first-order chi connectivity index (χ1) is 15.1. The van der Waals surface area contributed by atoms with Crippen molar-refractivity contribution in [2.45, 2.75) is 10.9 Å². The molecule has 0 radical (unpaired) electrons. The lowest BCUT2D eigenvalue weighted by Crippen LogP contribution is -2.21. The first-order valence-corrected chi connectivity index (χ1v) is 11.1. The van der Waals surface area contributed by atoms with Gasteiger partial charge in [-0.15, -0.1) is 0 Å². The van der Waals surface area contributed by atoms with E-state index in [2.05, 4.69) is 4.98 Å². The molecule has 0 aliphatic heterocycles. The molecule has 5 aromatic rings. The van der Waals surface area contributed by atoms with Gasteiger partial charge in [-0.05, 0) is 35.9 Å². The molecule has 0 unspecified atom stereocenters. The van der Waals surface area contributed by atoms with Crippen LogP contribution in [0.4, 0.5) is 0 Å². The van der Waals surface area contributed by atoms with Crippen LogP contribution in [0, 0.1) is 0 Å². The number of hydrogen-bond acceptors (Lipinski definition) is 4. The number of methoxy groups -OCH3 is 1. The van der Waals surface area contributed by atoms with Gasteiger partial charge in [-0.3, -0.25) is 9.36 Å². The van der Waals surface area contributed by atoms with Gasteiger partial charge in [0, 0.05) is 27.7 Å². The number of aromatic amines is 1. The number of nitrogens with zero attached hydrogens (tertiary/aromatic N) is 2. The third-order valence-electron chi connectivity index (χ3n) is 5.09. The van der Waals surface area contributed by atoms with Crippen LogP contribution in [0.1, 0.15) is 5.56 Å². The summed E-state index contributed by atoms with van der Waals surface area (Å²) in [7, 11) is 1.61. The maximum absolute atomic E-state index is 13.6. The highest BCUT2D eigenvalue weighted by molar-refractivity contribution is 7.98. The molecule has 154 valence electrons. The molecule has 0 aliphatic rings. The van der Waals surface area contributed by atoms with Crippen LogP contribution in [-0.4, -0.2) is 21.6 Å². The number of fused-ring (bicyclic) bond motifs is 3. The van der Waals surface area contributed by atoms with E-state index in [9.17, 15) is 4.79 Å². The molecule has 2 heterocycles. The van der Waals surface area contributed by atoms with E-state index in [0.29, 0.717) is 38.4 Å². The summed E-state index contributed by atoms with van der Waals surface area (Å²) in [5.41, 5.74) is 3.71. The first kappa shape index (κ1) is 19.7. The van der Waals surface area contributed by atoms with Crippen LogP contribution in [0.25, 0.3) is 27.6 Å². The zero-order valence-electron chi connectivity index (χ0n) is 16.6. The third-order valence-corrected chi connectivity index (χ3v) is 6.35. The number of thioether (sulfide) groups is 1. The molecule has 31 heavy (non-hydrogen) atoms. The van der Waals surface area contributed by atoms with Gasteiger partial charge in [0.05, 0.1) is 12.8 Å². The number of H-pyrrole nitrogens is 1. The van der Waals surface area contributed by atoms with Crippen molar-refractivity contribution in [1.82, 2.24) is 14.5 Å². The van der Waals surface area contributed by atoms with E-state index in [-0.39, 0.29) is 5.56 Å². The minimum Gasteiger partial charge on any atom is -0.497 e. The van der Waals surface area contributed by atoms with Gasteiger partial charge < -0.3 is 9.72 Å². The molecule has 0 saturated heterocycles. The Labute approximate surface area is 187 Å². The number of benzene rings is 3. The topological polar surface area (TPSA) is 59.9 Å². The van der Waals surface area contributed by atoms with E-state index in [0.717, 1.165) is 16.5 Å². The molecule has 5 nitrogen and oxygen atoms in total.